The maximum atomic E-state index is 13.6. The zero-order chi connectivity index (χ0) is 21.3. The first kappa shape index (κ1) is 20.3. The van der Waals surface area contributed by atoms with Crippen LogP contribution in [0.25, 0.3) is 16.9 Å². The topological polar surface area (TPSA) is 59.3 Å². The minimum absolute atomic E-state index is 0.0476. The lowest BCUT2D eigenvalue weighted by Gasteiger charge is -2.09. The third-order valence-corrected chi connectivity index (χ3v) is 5.08. The van der Waals surface area contributed by atoms with Gasteiger partial charge in [0.1, 0.15) is 11.3 Å². The van der Waals surface area contributed by atoms with E-state index in [1.165, 1.54) is 12.3 Å². The van der Waals surface area contributed by atoms with Crippen LogP contribution in [-0.4, -0.2) is 20.5 Å². The summed E-state index contributed by atoms with van der Waals surface area (Å²) in [5, 5.41) is 7.55. The van der Waals surface area contributed by atoms with E-state index in [1.807, 2.05) is 6.07 Å². The van der Waals surface area contributed by atoms with Crippen molar-refractivity contribution in [1.82, 2.24) is 19.9 Å². The summed E-state index contributed by atoms with van der Waals surface area (Å²) in [7, 11) is 0. The van der Waals surface area contributed by atoms with Crippen LogP contribution in [0.4, 0.5) is 8.78 Å². The number of carbonyl (C=O) groups excluding carboxylic acids is 1. The predicted octanol–water partition coefficient (Wildman–Crippen LogP) is 5.57. The molecule has 30 heavy (non-hydrogen) atoms. The molecule has 152 valence electrons. The first-order chi connectivity index (χ1) is 14.4. The maximum Gasteiger partial charge on any atom is 0.280 e. The van der Waals surface area contributed by atoms with Crippen LogP contribution in [-0.2, 0) is 6.54 Å². The van der Waals surface area contributed by atoms with Crippen LogP contribution in [0, 0.1) is 0 Å². The number of rotatable bonds is 5. The van der Waals surface area contributed by atoms with Gasteiger partial charge >= 0.3 is 0 Å². The number of fused-ring (bicyclic) bond motifs is 1. The minimum Gasteiger partial charge on any atom is -0.348 e. The summed E-state index contributed by atoms with van der Waals surface area (Å²) in [6.45, 7) is 0.131. The predicted molar refractivity (Wildman–Crippen MR) is 111 cm³/mol. The monoisotopic (exact) mass is 446 g/mol. The van der Waals surface area contributed by atoms with E-state index in [0.717, 1.165) is 4.52 Å². The van der Waals surface area contributed by atoms with Crippen LogP contribution in [0.1, 0.15) is 28.0 Å². The molecule has 0 aliphatic heterocycles. The molecule has 0 saturated carbocycles. The Balaban J connectivity index is 1.70. The number of carbonyl (C=O) groups is 1. The van der Waals surface area contributed by atoms with Crippen molar-refractivity contribution in [2.45, 2.75) is 13.0 Å². The largest absolute Gasteiger partial charge is 0.348 e. The van der Waals surface area contributed by atoms with E-state index in [9.17, 15) is 13.6 Å². The van der Waals surface area contributed by atoms with E-state index in [4.69, 9.17) is 23.2 Å². The zero-order valence-corrected chi connectivity index (χ0v) is 16.8. The highest BCUT2D eigenvalue weighted by Crippen LogP contribution is 2.27. The number of halogens is 4. The fourth-order valence-corrected chi connectivity index (χ4v) is 3.47. The lowest BCUT2D eigenvalue weighted by molar-refractivity contribution is 0.0952. The van der Waals surface area contributed by atoms with Gasteiger partial charge in [-0.2, -0.15) is 5.10 Å². The molecule has 5 nitrogen and oxygen atoms in total. The van der Waals surface area contributed by atoms with Crippen LogP contribution in [0.15, 0.2) is 60.8 Å². The molecule has 0 bridgehead atoms. The quantitative estimate of drug-likeness (QED) is 0.435. The molecule has 2 aromatic heterocycles. The van der Waals surface area contributed by atoms with Crippen molar-refractivity contribution in [3.05, 3.63) is 87.7 Å². The van der Waals surface area contributed by atoms with Crippen molar-refractivity contribution in [3.63, 3.8) is 0 Å². The van der Waals surface area contributed by atoms with Crippen molar-refractivity contribution < 1.29 is 13.6 Å². The Morgan fingerprint density at radius 1 is 1.10 bits per heavy atom. The Labute approximate surface area is 180 Å². The molecule has 2 heterocycles. The van der Waals surface area contributed by atoms with Gasteiger partial charge in [0.2, 0.25) is 0 Å². The minimum atomic E-state index is -2.79. The molecule has 2 aromatic carbocycles. The van der Waals surface area contributed by atoms with Gasteiger partial charge in [-0.25, -0.2) is 18.3 Å². The molecule has 0 radical (unpaired) electrons. The van der Waals surface area contributed by atoms with Crippen molar-refractivity contribution in [1.29, 1.82) is 0 Å². The number of nitrogens with one attached hydrogen (secondary N) is 1. The first-order valence-electron chi connectivity index (χ1n) is 8.88. The van der Waals surface area contributed by atoms with E-state index >= 15 is 0 Å². The maximum absolute atomic E-state index is 13.6. The van der Waals surface area contributed by atoms with Gasteiger partial charge in [0.15, 0.2) is 5.65 Å². The van der Waals surface area contributed by atoms with E-state index < -0.39 is 12.3 Å². The Morgan fingerprint density at radius 3 is 2.57 bits per heavy atom. The molecular weight excluding hydrogens is 433 g/mol. The van der Waals surface area contributed by atoms with Crippen LogP contribution in [0.2, 0.25) is 10.0 Å². The molecule has 0 fully saturated rings. The van der Waals surface area contributed by atoms with Crippen molar-refractivity contribution >= 4 is 34.8 Å². The van der Waals surface area contributed by atoms with E-state index in [-0.39, 0.29) is 23.4 Å². The second kappa shape index (κ2) is 8.38. The standard InChI is InChI=1S/C21H14Cl2F2N4O/c22-14-7-6-13(16(23)8-14)10-26-21(30)15-11-27-29-18(19(24)25)9-17(28-20(15)29)12-4-2-1-3-5-12/h1-9,11,19H,10H2,(H,26,30). The van der Waals surface area contributed by atoms with Gasteiger partial charge in [0, 0.05) is 22.2 Å². The van der Waals surface area contributed by atoms with Crippen LogP contribution in [0.5, 0.6) is 0 Å². The van der Waals surface area contributed by atoms with Gasteiger partial charge in [-0.1, -0.05) is 59.6 Å². The fourth-order valence-electron chi connectivity index (χ4n) is 2.99. The fraction of sp³-hybridized carbons (Fsp3) is 0.0952. The number of amides is 1. The zero-order valence-electron chi connectivity index (χ0n) is 15.3. The molecule has 0 saturated heterocycles. The molecule has 0 aliphatic rings. The third-order valence-electron chi connectivity index (χ3n) is 4.49. The second-order valence-corrected chi connectivity index (χ2v) is 7.29. The third kappa shape index (κ3) is 3.99. The lowest BCUT2D eigenvalue weighted by atomic mass is 10.1. The van der Waals surface area contributed by atoms with Crippen molar-refractivity contribution in [3.8, 4) is 11.3 Å². The molecule has 0 aliphatic carbocycles. The summed E-state index contributed by atoms with van der Waals surface area (Å²) in [6.07, 6.45) is -1.57. The second-order valence-electron chi connectivity index (χ2n) is 6.45. The normalized spacial score (nSPS) is 11.2. The summed E-state index contributed by atoms with van der Waals surface area (Å²) in [5.41, 5.74) is 1.43. The number of aromatic nitrogens is 3. The van der Waals surface area contributed by atoms with Crippen molar-refractivity contribution in [2.24, 2.45) is 0 Å². The number of benzene rings is 2. The van der Waals surface area contributed by atoms with Crippen molar-refractivity contribution in [2.75, 3.05) is 0 Å². The Morgan fingerprint density at radius 2 is 1.87 bits per heavy atom. The number of nitrogens with zero attached hydrogens (tertiary/aromatic N) is 3. The molecule has 0 spiro atoms. The SMILES string of the molecule is O=C(NCc1ccc(Cl)cc1Cl)c1cnn2c(C(F)F)cc(-c3ccccc3)nc12. The molecule has 1 amide bonds. The van der Waals surface area contributed by atoms with Crippen LogP contribution >= 0.6 is 23.2 Å². The highest BCUT2D eigenvalue weighted by atomic mass is 35.5. The average Bonchev–Trinajstić information content (AvgIpc) is 3.17. The summed E-state index contributed by atoms with van der Waals surface area (Å²) in [5.74, 6) is -0.506. The Kier molecular flexibility index (Phi) is 5.65. The lowest BCUT2D eigenvalue weighted by Crippen LogP contribution is -2.23. The Hall–Kier alpha value is -3.03. The molecule has 4 aromatic rings. The summed E-state index contributed by atoms with van der Waals surface area (Å²) in [6, 6.07) is 15.1. The number of alkyl halides is 2. The molecule has 0 atom stereocenters. The molecule has 4 rings (SSSR count). The van der Waals surface area contributed by atoms with Gasteiger partial charge in [-0.15, -0.1) is 0 Å². The Bertz CT molecular complexity index is 1230. The van der Waals surface area contributed by atoms with Gasteiger partial charge in [0.25, 0.3) is 12.3 Å². The van der Waals surface area contributed by atoms with Crippen LogP contribution < -0.4 is 5.32 Å². The highest BCUT2D eigenvalue weighted by molar-refractivity contribution is 6.35. The summed E-state index contributed by atoms with van der Waals surface area (Å²) < 4.78 is 28.3. The molecular formula is C21H14Cl2F2N4O. The highest BCUT2D eigenvalue weighted by Gasteiger charge is 2.21. The summed E-state index contributed by atoms with van der Waals surface area (Å²) in [4.78, 5) is 17.2. The molecule has 0 unspecified atom stereocenters. The first-order valence-corrected chi connectivity index (χ1v) is 9.64. The smallest absolute Gasteiger partial charge is 0.280 e. The molecule has 9 heteroatoms. The van der Waals surface area contributed by atoms with E-state index in [2.05, 4.69) is 15.4 Å². The number of hydrogen-bond donors (Lipinski definition) is 1. The van der Waals surface area contributed by atoms with Gasteiger partial charge < -0.3 is 5.32 Å². The number of hydrogen-bond acceptors (Lipinski definition) is 3. The summed E-state index contributed by atoms with van der Waals surface area (Å²) >= 11 is 12.0. The molecule has 1 N–H and O–H groups in total. The van der Waals surface area contributed by atoms with Gasteiger partial charge in [-0.05, 0) is 23.8 Å². The van der Waals surface area contributed by atoms with Gasteiger partial charge in [0.05, 0.1) is 11.9 Å². The van der Waals surface area contributed by atoms with E-state index in [0.29, 0.717) is 26.9 Å². The average molecular weight is 447 g/mol. The van der Waals surface area contributed by atoms with Gasteiger partial charge in [-0.3, -0.25) is 4.79 Å². The van der Waals surface area contributed by atoms with Crippen LogP contribution in [0.3, 0.4) is 0 Å². The van der Waals surface area contributed by atoms with E-state index in [1.54, 1.807) is 42.5 Å².